The molecule has 1 aliphatic heterocycles. The SMILES string of the molecule is CC(O)C(=O)N1CCN(C(=O)C(c2ccccc2)C(C)C)CC1. The molecule has 0 aliphatic carbocycles. The fourth-order valence-electron chi connectivity index (χ4n) is 3.08. The van der Waals surface area contributed by atoms with Gasteiger partial charge in [0.05, 0.1) is 5.92 Å². The molecule has 0 saturated carbocycles. The van der Waals surface area contributed by atoms with Gasteiger partial charge < -0.3 is 14.9 Å². The molecule has 23 heavy (non-hydrogen) atoms. The van der Waals surface area contributed by atoms with Gasteiger partial charge in [0, 0.05) is 26.2 Å². The molecule has 1 aliphatic rings. The third-order valence-corrected chi connectivity index (χ3v) is 4.35. The Morgan fingerprint density at radius 3 is 1.83 bits per heavy atom. The highest BCUT2D eigenvalue weighted by atomic mass is 16.3. The van der Waals surface area contributed by atoms with Gasteiger partial charge in [-0.3, -0.25) is 9.59 Å². The lowest BCUT2D eigenvalue weighted by Crippen LogP contribution is -2.53. The number of hydrogen-bond donors (Lipinski definition) is 1. The minimum absolute atomic E-state index is 0.121. The molecule has 2 rings (SSSR count). The van der Waals surface area contributed by atoms with Gasteiger partial charge in [0.15, 0.2) is 0 Å². The van der Waals surface area contributed by atoms with Crippen molar-refractivity contribution in [1.29, 1.82) is 0 Å². The topological polar surface area (TPSA) is 60.9 Å². The van der Waals surface area contributed by atoms with Crippen LogP contribution in [0.25, 0.3) is 0 Å². The van der Waals surface area contributed by atoms with E-state index in [1.807, 2.05) is 35.2 Å². The van der Waals surface area contributed by atoms with E-state index in [4.69, 9.17) is 0 Å². The second-order valence-electron chi connectivity index (χ2n) is 6.46. The van der Waals surface area contributed by atoms with Gasteiger partial charge in [-0.2, -0.15) is 0 Å². The van der Waals surface area contributed by atoms with Crippen LogP contribution in [0, 0.1) is 5.92 Å². The molecule has 0 radical (unpaired) electrons. The zero-order valence-corrected chi connectivity index (χ0v) is 14.1. The second kappa shape index (κ2) is 7.59. The van der Waals surface area contributed by atoms with E-state index in [0.29, 0.717) is 26.2 Å². The average Bonchev–Trinajstić information content (AvgIpc) is 2.55. The van der Waals surface area contributed by atoms with Crippen LogP contribution in [0.5, 0.6) is 0 Å². The molecule has 1 aromatic carbocycles. The van der Waals surface area contributed by atoms with Crippen LogP contribution in [-0.2, 0) is 9.59 Å². The summed E-state index contributed by atoms with van der Waals surface area (Å²) in [6.45, 7) is 7.60. The maximum Gasteiger partial charge on any atom is 0.251 e. The molecule has 5 nitrogen and oxygen atoms in total. The number of rotatable bonds is 4. The predicted molar refractivity (Wildman–Crippen MR) is 88.9 cm³/mol. The molecule has 1 heterocycles. The molecule has 126 valence electrons. The monoisotopic (exact) mass is 318 g/mol. The molecule has 0 spiro atoms. The van der Waals surface area contributed by atoms with Gasteiger partial charge in [0.1, 0.15) is 6.10 Å². The Hall–Kier alpha value is -1.88. The Balaban J connectivity index is 2.04. The molecule has 0 aromatic heterocycles. The van der Waals surface area contributed by atoms with E-state index in [0.717, 1.165) is 5.56 Å². The van der Waals surface area contributed by atoms with Crippen LogP contribution >= 0.6 is 0 Å². The van der Waals surface area contributed by atoms with Crippen molar-refractivity contribution >= 4 is 11.8 Å². The number of aliphatic hydroxyl groups is 1. The maximum absolute atomic E-state index is 12.9. The quantitative estimate of drug-likeness (QED) is 0.915. The van der Waals surface area contributed by atoms with Gasteiger partial charge in [0.2, 0.25) is 5.91 Å². The van der Waals surface area contributed by atoms with Gasteiger partial charge in [0.25, 0.3) is 5.91 Å². The van der Waals surface area contributed by atoms with E-state index < -0.39 is 6.10 Å². The number of piperazine rings is 1. The van der Waals surface area contributed by atoms with E-state index >= 15 is 0 Å². The molecule has 1 saturated heterocycles. The first-order chi connectivity index (χ1) is 10.9. The Kier molecular flexibility index (Phi) is 5.77. The van der Waals surface area contributed by atoms with Crippen molar-refractivity contribution in [3.8, 4) is 0 Å². The van der Waals surface area contributed by atoms with E-state index in [2.05, 4.69) is 13.8 Å². The molecule has 5 heteroatoms. The predicted octanol–water partition coefficient (Wildman–Crippen LogP) is 1.48. The lowest BCUT2D eigenvalue weighted by molar-refractivity contribution is -0.145. The van der Waals surface area contributed by atoms with Crippen LogP contribution in [0.15, 0.2) is 30.3 Å². The molecular formula is C18H26N2O3. The molecule has 1 aromatic rings. The molecule has 0 bridgehead atoms. The Morgan fingerprint density at radius 1 is 0.913 bits per heavy atom. The van der Waals surface area contributed by atoms with E-state index in [9.17, 15) is 14.7 Å². The highest BCUT2D eigenvalue weighted by Gasteiger charge is 2.32. The fraction of sp³-hybridized carbons (Fsp3) is 0.556. The molecule has 2 amide bonds. The smallest absolute Gasteiger partial charge is 0.251 e. The lowest BCUT2D eigenvalue weighted by Gasteiger charge is -2.37. The third-order valence-electron chi connectivity index (χ3n) is 4.35. The summed E-state index contributed by atoms with van der Waals surface area (Å²) in [6.07, 6.45) is -0.981. The Labute approximate surface area is 137 Å². The van der Waals surface area contributed by atoms with Gasteiger partial charge in [-0.1, -0.05) is 44.2 Å². The van der Waals surface area contributed by atoms with Crippen LogP contribution in [0.4, 0.5) is 0 Å². The summed E-state index contributed by atoms with van der Waals surface area (Å²) in [4.78, 5) is 28.2. The summed E-state index contributed by atoms with van der Waals surface area (Å²) < 4.78 is 0. The van der Waals surface area contributed by atoms with Gasteiger partial charge in [-0.15, -0.1) is 0 Å². The molecule has 1 fully saturated rings. The van der Waals surface area contributed by atoms with Crippen molar-refractivity contribution in [3.05, 3.63) is 35.9 Å². The van der Waals surface area contributed by atoms with Crippen molar-refractivity contribution in [3.63, 3.8) is 0 Å². The van der Waals surface area contributed by atoms with E-state index in [-0.39, 0.29) is 23.7 Å². The van der Waals surface area contributed by atoms with Crippen LogP contribution in [0.3, 0.4) is 0 Å². The van der Waals surface area contributed by atoms with Crippen LogP contribution in [0.2, 0.25) is 0 Å². The van der Waals surface area contributed by atoms with Gasteiger partial charge in [-0.05, 0) is 18.4 Å². The minimum atomic E-state index is -0.981. The summed E-state index contributed by atoms with van der Waals surface area (Å²) in [5.74, 6) is -0.0897. The van der Waals surface area contributed by atoms with Crippen LogP contribution < -0.4 is 0 Å². The van der Waals surface area contributed by atoms with Crippen molar-refractivity contribution in [2.45, 2.75) is 32.8 Å². The zero-order valence-electron chi connectivity index (χ0n) is 14.1. The maximum atomic E-state index is 12.9. The normalized spacial score (nSPS) is 18.0. The highest BCUT2D eigenvalue weighted by molar-refractivity contribution is 5.85. The number of benzene rings is 1. The van der Waals surface area contributed by atoms with Crippen molar-refractivity contribution in [2.75, 3.05) is 26.2 Å². The minimum Gasteiger partial charge on any atom is -0.384 e. The fourth-order valence-corrected chi connectivity index (χ4v) is 3.08. The zero-order chi connectivity index (χ0) is 17.0. The average molecular weight is 318 g/mol. The van der Waals surface area contributed by atoms with Crippen molar-refractivity contribution < 1.29 is 14.7 Å². The highest BCUT2D eigenvalue weighted by Crippen LogP contribution is 2.27. The molecule has 2 unspecified atom stereocenters. The van der Waals surface area contributed by atoms with Crippen molar-refractivity contribution in [2.24, 2.45) is 5.92 Å². The first kappa shape index (κ1) is 17.5. The Bertz CT molecular complexity index is 534. The lowest BCUT2D eigenvalue weighted by atomic mass is 9.87. The number of aliphatic hydroxyl groups excluding tert-OH is 1. The molecule has 1 N–H and O–H groups in total. The summed E-state index contributed by atoms with van der Waals surface area (Å²) in [6, 6.07) is 9.85. The largest absolute Gasteiger partial charge is 0.384 e. The number of carbonyl (C=O) groups is 2. The van der Waals surface area contributed by atoms with Gasteiger partial charge in [-0.25, -0.2) is 0 Å². The summed E-state index contributed by atoms with van der Waals surface area (Å²) in [7, 11) is 0. The molecule has 2 atom stereocenters. The third kappa shape index (κ3) is 4.10. The first-order valence-corrected chi connectivity index (χ1v) is 8.22. The van der Waals surface area contributed by atoms with Gasteiger partial charge >= 0.3 is 0 Å². The summed E-state index contributed by atoms with van der Waals surface area (Å²) in [5.41, 5.74) is 1.04. The van der Waals surface area contributed by atoms with Crippen molar-refractivity contribution in [1.82, 2.24) is 9.80 Å². The number of nitrogens with zero attached hydrogens (tertiary/aromatic N) is 2. The second-order valence-corrected chi connectivity index (χ2v) is 6.46. The summed E-state index contributed by atoms with van der Waals surface area (Å²) >= 11 is 0. The van der Waals surface area contributed by atoms with Crippen LogP contribution in [-0.4, -0.2) is 59.0 Å². The standard InChI is InChI=1S/C18H26N2O3/c1-13(2)16(15-7-5-4-6-8-15)18(23)20-11-9-19(10-12-20)17(22)14(3)21/h4-8,13-14,16,21H,9-12H2,1-3H3. The van der Waals surface area contributed by atoms with E-state index in [1.165, 1.54) is 6.92 Å². The van der Waals surface area contributed by atoms with Crippen LogP contribution in [0.1, 0.15) is 32.3 Å². The number of amides is 2. The number of hydrogen-bond acceptors (Lipinski definition) is 3. The van der Waals surface area contributed by atoms with E-state index in [1.54, 1.807) is 4.90 Å². The first-order valence-electron chi connectivity index (χ1n) is 8.22. The number of carbonyl (C=O) groups excluding carboxylic acids is 2. The molecular weight excluding hydrogens is 292 g/mol. The summed E-state index contributed by atoms with van der Waals surface area (Å²) in [5, 5.41) is 9.39. The Morgan fingerprint density at radius 2 is 1.39 bits per heavy atom.